The van der Waals surface area contributed by atoms with E-state index in [4.69, 9.17) is 10.0 Å². The van der Waals surface area contributed by atoms with E-state index in [2.05, 4.69) is 0 Å². The van der Waals surface area contributed by atoms with Crippen LogP contribution in [0.5, 0.6) is 0 Å². The molecule has 1 aromatic rings. The molecule has 0 heterocycles. The van der Waals surface area contributed by atoms with Gasteiger partial charge >= 0.3 is 110 Å². The van der Waals surface area contributed by atoms with Gasteiger partial charge in [0.2, 0.25) is 5.91 Å². The minimum atomic E-state index is -9.65. The van der Waals surface area contributed by atoms with Crippen LogP contribution in [0.4, 0.5) is 159 Å². The van der Waals surface area contributed by atoms with Crippen molar-refractivity contribution < 1.29 is 192 Å². The lowest BCUT2D eigenvalue weighted by Gasteiger charge is -2.44. The molecule has 5 atom stereocenters. The Kier molecular flexibility index (Phi) is 16.4. The molecule has 0 bridgehead atoms. The van der Waals surface area contributed by atoms with Crippen LogP contribution in [0.1, 0.15) is 12.5 Å². The van der Waals surface area contributed by atoms with Crippen LogP contribution < -0.4 is 10.8 Å². The van der Waals surface area contributed by atoms with Crippen molar-refractivity contribution in [3.8, 4) is 0 Å². The van der Waals surface area contributed by atoms with Crippen LogP contribution in [0, 0.1) is 0 Å². The van der Waals surface area contributed by atoms with Gasteiger partial charge in [0.25, 0.3) is 0 Å². The zero-order chi connectivity index (χ0) is 56.8. The van der Waals surface area contributed by atoms with Gasteiger partial charge in [0.1, 0.15) is 0 Å². The maximum absolute atomic E-state index is 15.5. The van der Waals surface area contributed by atoms with Crippen LogP contribution in [0.3, 0.4) is 0 Å². The van der Waals surface area contributed by atoms with Crippen LogP contribution in [0.15, 0.2) is 18.2 Å². The van der Waals surface area contributed by atoms with Crippen molar-refractivity contribution in [2.75, 3.05) is 5.32 Å². The number of amides is 1. The first-order valence-electron chi connectivity index (χ1n) is 15.4. The van der Waals surface area contributed by atoms with Crippen LogP contribution in [0.25, 0.3) is 0 Å². The molecule has 5 unspecified atom stereocenters. The molecule has 0 saturated carbocycles. The average Bonchev–Trinajstić information content (AvgIpc) is 3.06. The first kappa shape index (κ1) is 64.0. The first-order valence-corrected chi connectivity index (χ1v) is 15.4. The normalized spacial score (nSPS) is 19.3. The van der Waals surface area contributed by atoms with E-state index in [1.54, 1.807) is 0 Å². The molecule has 1 amide bonds. The third-order valence-electron chi connectivity index (χ3n) is 7.33. The summed E-state index contributed by atoms with van der Waals surface area (Å²) < 4.78 is 490. The Morgan fingerprint density at radius 2 is 0.671 bits per heavy atom. The number of carbonyl (C=O) groups excluding carboxylic acids is 1. The maximum Gasteiger partial charge on any atom is 0.488 e. The van der Waals surface area contributed by atoms with E-state index in [1.807, 2.05) is 4.74 Å². The number of rotatable bonds is 18. The molecule has 0 aliphatic heterocycles. The molecule has 0 aliphatic rings. The second kappa shape index (κ2) is 17.9. The number of hydrogen-bond donors (Lipinski definition) is 3. The topological polar surface area (TPSA) is 116 Å². The number of halogens is 35. The van der Waals surface area contributed by atoms with Crippen LogP contribution in [-0.2, 0) is 34.3 Å². The third-order valence-corrected chi connectivity index (χ3v) is 7.33. The number of ether oxygens (including phenoxy) is 5. The summed E-state index contributed by atoms with van der Waals surface area (Å²) in [5.41, 5.74) is -6.42. The van der Waals surface area contributed by atoms with Crippen molar-refractivity contribution in [3.63, 3.8) is 0 Å². The van der Waals surface area contributed by atoms with Crippen molar-refractivity contribution in [2.45, 2.75) is 110 Å². The largest absolute Gasteiger partial charge is 0.488 e. The second-order valence-electron chi connectivity index (χ2n) is 12.5. The highest BCUT2D eigenvalue weighted by molar-refractivity contribution is 6.58. The predicted molar refractivity (Wildman–Crippen MR) is 140 cm³/mol. The molecular formula is C25H9BF35NO8. The Morgan fingerprint density at radius 3 is 0.900 bits per heavy atom. The molecule has 9 nitrogen and oxygen atoms in total. The van der Waals surface area contributed by atoms with E-state index in [1.165, 1.54) is 5.32 Å². The monoisotopic (exact) mass is 1130 g/mol. The summed E-state index contributed by atoms with van der Waals surface area (Å²) in [5.74, 6) is -55.0. The van der Waals surface area contributed by atoms with Crippen molar-refractivity contribution in [3.05, 3.63) is 23.8 Å². The molecule has 1 rings (SSSR count). The molecule has 70 heavy (non-hydrogen) atoms. The van der Waals surface area contributed by atoms with E-state index in [0.29, 0.717) is 6.92 Å². The van der Waals surface area contributed by atoms with Gasteiger partial charge in [-0.1, -0.05) is 6.07 Å². The zero-order valence-electron chi connectivity index (χ0n) is 30.9. The fourth-order valence-corrected chi connectivity index (χ4v) is 4.05. The van der Waals surface area contributed by atoms with Gasteiger partial charge in [-0.15, -0.1) is 0 Å². The van der Waals surface area contributed by atoms with E-state index in [9.17, 15) is 150 Å². The van der Waals surface area contributed by atoms with Gasteiger partial charge < -0.3 is 15.4 Å². The van der Waals surface area contributed by atoms with Gasteiger partial charge in [0.05, 0.1) is 0 Å². The Balaban J connectivity index is 4.30. The van der Waals surface area contributed by atoms with Crippen molar-refractivity contribution >= 4 is 24.2 Å². The third kappa shape index (κ3) is 11.2. The van der Waals surface area contributed by atoms with Gasteiger partial charge in [-0.25, -0.2) is 0 Å². The highest BCUT2D eigenvalue weighted by Gasteiger charge is 2.91. The van der Waals surface area contributed by atoms with Crippen molar-refractivity contribution in [1.82, 2.24) is 0 Å². The smallest absolute Gasteiger partial charge is 0.423 e. The number of anilines is 1. The number of alkyl halides is 35. The Hall–Kier alpha value is -3.98. The summed E-state index contributed by atoms with van der Waals surface area (Å²) in [6.07, 6.45) is -98.2. The predicted octanol–water partition coefficient (Wildman–Crippen LogP) is 10.2. The highest BCUT2D eigenvalue weighted by atomic mass is 19.5. The number of carbonyl (C=O) groups is 1. The molecule has 0 radical (unpaired) electrons. The number of benzene rings is 1. The molecule has 0 aliphatic carbocycles. The molecular weight excluding hydrogens is 1120 g/mol. The van der Waals surface area contributed by atoms with Crippen molar-refractivity contribution in [1.29, 1.82) is 0 Å². The first-order chi connectivity index (χ1) is 30.0. The quantitative estimate of drug-likeness (QED) is 0.0984. The molecule has 410 valence electrons. The lowest BCUT2D eigenvalue weighted by molar-refractivity contribution is -0.601. The molecule has 0 aromatic heterocycles. The fourth-order valence-electron chi connectivity index (χ4n) is 4.05. The Morgan fingerprint density at radius 1 is 0.400 bits per heavy atom. The van der Waals surface area contributed by atoms with Gasteiger partial charge in [-0.3, -0.25) is 28.5 Å². The SMILES string of the molecule is CC(=O)Nc1cc(B(O)O)cc(C(F)(OC(F)(F)C(F)(OC(F)(F)C(F)(OC(F)(F)C(F)(OC(F)(F)C(F)(OC(F)(F)C(F)(F)C(F)(F)F)C(F)(F)F)C(F)(F)F)C(F)(F)F)C(F)(F)F)C(F)(F)F)c1. The lowest BCUT2D eigenvalue weighted by atomic mass is 9.78. The molecule has 0 saturated heterocycles. The molecule has 3 N–H and O–H groups in total. The summed E-state index contributed by atoms with van der Waals surface area (Å²) in [6.45, 7) is 0.348. The Labute approximate surface area is 356 Å². The highest BCUT2D eigenvalue weighted by Crippen LogP contribution is 2.63. The van der Waals surface area contributed by atoms with Crippen LogP contribution in [-0.4, -0.2) is 120 Å². The van der Waals surface area contributed by atoms with Crippen LogP contribution >= 0.6 is 0 Å². The summed E-state index contributed by atoms with van der Waals surface area (Å²) in [5, 5.41) is 19.6. The van der Waals surface area contributed by atoms with E-state index in [-0.39, 0.29) is 6.07 Å². The van der Waals surface area contributed by atoms with Gasteiger partial charge in [-0.05, 0) is 17.6 Å². The summed E-state index contributed by atoms with van der Waals surface area (Å²) in [7, 11) is -3.35. The fraction of sp³-hybridized carbons (Fsp3) is 0.720. The minimum absolute atomic E-state index is 0.00938. The number of hydrogen-bond acceptors (Lipinski definition) is 8. The van der Waals surface area contributed by atoms with Gasteiger partial charge in [0.15, 0.2) is 0 Å². The average molecular weight is 1130 g/mol. The Bertz CT molecular complexity index is 2030. The zero-order valence-corrected chi connectivity index (χ0v) is 30.9. The lowest BCUT2D eigenvalue weighted by Crippen LogP contribution is -2.72. The van der Waals surface area contributed by atoms with Crippen molar-refractivity contribution in [2.24, 2.45) is 0 Å². The van der Waals surface area contributed by atoms with Crippen LogP contribution in [0.2, 0.25) is 0 Å². The van der Waals surface area contributed by atoms with E-state index >= 15 is 8.78 Å². The number of nitrogens with one attached hydrogen (secondary N) is 1. The molecule has 1 aromatic carbocycles. The summed E-state index contributed by atoms with van der Waals surface area (Å²) >= 11 is 0. The molecule has 45 heteroatoms. The summed E-state index contributed by atoms with van der Waals surface area (Å²) in [4.78, 5) is 11.2. The summed E-state index contributed by atoms with van der Waals surface area (Å²) in [6, 6.07) is -1.70. The van der Waals surface area contributed by atoms with E-state index < -0.39 is 145 Å². The molecule has 0 spiro atoms. The minimum Gasteiger partial charge on any atom is -0.423 e. The maximum atomic E-state index is 15.5. The van der Waals surface area contributed by atoms with E-state index in [0.717, 1.165) is 18.9 Å². The van der Waals surface area contributed by atoms with Gasteiger partial charge in [-0.2, -0.15) is 154 Å². The van der Waals surface area contributed by atoms with Gasteiger partial charge in [0, 0.05) is 18.2 Å². The second-order valence-corrected chi connectivity index (χ2v) is 12.5. The standard InChI is InChI=1S/C25H9BF35NO8/c1-5(63)62-8-3-6(2-7(4-8)26(64)65)9(27,15(34,35)36)66-22(54,55)11(30,17(40,41)42)68-24(58,59)13(32,19(46,47)48)70-25(60,61)14(33,20(49,50)51)69-23(56,57)12(31,18(43,44)45)67-21(52,53)10(28,29)16(37,38)39/h2-4,64-65H,1H3,(H,62,63). The molecule has 0 fully saturated rings.